The molecule has 0 N–H and O–H groups in total. The van der Waals surface area contributed by atoms with Crippen molar-refractivity contribution in [1.29, 1.82) is 0 Å². The standard InChI is InChI=1S/C14H11ClO/c15-12-8-6-11(7-9-12)14-13(16-14)10-4-2-1-3-5-10/h1-9,13-14H/t13-,14+/m1/s1. The summed E-state index contributed by atoms with van der Waals surface area (Å²) in [6.45, 7) is 0. The second-order valence-corrected chi connectivity index (χ2v) is 4.38. The fourth-order valence-electron chi connectivity index (χ4n) is 1.91. The van der Waals surface area contributed by atoms with Crippen LogP contribution in [0.2, 0.25) is 5.02 Å². The monoisotopic (exact) mass is 230 g/mol. The number of benzene rings is 2. The Kier molecular flexibility index (Phi) is 2.43. The lowest BCUT2D eigenvalue weighted by molar-refractivity contribution is 0.377. The van der Waals surface area contributed by atoms with E-state index in [0.717, 1.165) is 5.02 Å². The summed E-state index contributed by atoms with van der Waals surface area (Å²) in [5.74, 6) is 0. The van der Waals surface area contributed by atoms with Gasteiger partial charge in [0.1, 0.15) is 12.2 Å². The first-order valence-electron chi connectivity index (χ1n) is 5.30. The summed E-state index contributed by atoms with van der Waals surface area (Å²) in [5.41, 5.74) is 2.43. The van der Waals surface area contributed by atoms with Crippen molar-refractivity contribution in [3.63, 3.8) is 0 Å². The highest BCUT2D eigenvalue weighted by molar-refractivity contribution is 6.30. The molecule has 0 unspecified atom stereocenters. The highest BCUT2D eigenvalue weighted by Gasteiger charge is 2.41. The maximum absolute atomic E-state index is 5.85. The molecule has 1 fully saturated rings. The third-order valence-corrected chi connectivity index (χ3v) is 3.07. The van der Waals surface area contributed by atoms with E-state index in [9.17, 15) is 0 Å². The van der Waals surface area contributed by atoms with E-state index < -0.39 is 0 Å². The molecule has 80 valence electrons. The van der Waals surface area contributed by atoms with Crippen molar-refractivity contribution in [3.05, 3.63) is 70.7 Å². The van der Waals surface area contributed by atoms with Gasteiger partial charge in [0.05, 0.1) is 0 Å². The van der Waals surface area contributed by atoms with Crippen molar-refractivity contribution in [3.8, 4) is 0 Å². The molecule has 1 saturated heterocycles. The molecule has 2 atom stereocenters. The van der Waals surface area contributed by atoms with Crippen molar-refractivity contribution in [2.45, 2.75) is 12.2 Å². The smallest absolute Gasteiger partial charge is 0.114 e. The Labute approximate surface area is 99.6 Å². The lowest BCUT2D eigenvalue weighted by Crippen LogP contribution is -1.83. The van der Waals surface area contributed by atoms with E-state index in [1.165, 1.54) is 11.1 Å². The molecular weight excluding hydrogens is 220 g/mol. The lowest BCUT2D eigenvalue weighted by atomic mass is 10.0. The average molecular weight is 231 g/mol. The number of epoxide rings is 1. The van der Waals surface area contributed by atoms with Crippen LogP contribution in [0.25, 0.3) is 0 Å². The predicted molar refractivity (Wildman–Crippen MR) is 64.5 cm³/mol. The first kappa shape index (κ1) is 9.88. The summed E-state index contributed by atoms with van der Waals surface area (Å²) in [6.07, 6.45) is 0.405. The lowest BCUT2D eigenvalue weighted by Gasteiger charge is -1.97. The third kappa shape index (κ3) is 1.84. The van der Waals surface area contributed by atoms with E-state index in [2.05, 4.69) is 12.1 Å². The number of hydrogen-bond acceptors (Lipinski definition) is 1. The molecule has 0 radical (unpaired) electrons. The normalized spacial score (nSPS) is 23.1. The number of hydrogen-bond donors (Lipinski definition) is 0. The second kappa shape index (κ2) is 3.93. The van der Waals surface area contributed by atoms with Crippen molar-refractivity contribution < 1.29 is 4.74 Å². The quantitative estimate of drug-likeness (QED) is 0.706. The SMILES string of the molecule is Clc1ccc([C@@H]2O[C@@H]2c2ccccc2)cc1. The fourth-order valence-corrected chi connectivity index (χ4v) is 2.04. The van der Waals surface area contributed by atoms with Gasteiger partial charge in [0, 0.05) is 5.02 Å². The van der Waals surface area contributed by atoms with Gasteiger partial charge < -0.3 is 4.74 Å². The van der Waals surface area contributed by atoms with Crippen molar-refractivity contribution in [1.82, 2.24) is 0 Å². The highest BCUT2D eigenvalue weighted by atomic mass is 35.5. The van der Waals surface area contributed by atoms with Crippen LogP contribution in [0, 0.1) is 0 Å². The van der Waals surface area contributed by atoms with Gasteiger partial charge in [-0.15, -0.1) is 0 Å². The number of ether oxygens (including phenoxy) is 1. The highest BCUT2D eigenvalue weighted by Crippen LogP contribution is 2.50. The first-order chi connectivity index (χ1) is 7.84. The van der Waals surface area contributed by atoms with Crippen LogP contribution in [-0.2, 0) is 4.74 Å². The number of halogens is 1. The molecule has 2 aromatic carbocycles. The van der Waals surface area contributed by atoms with E-state index in [0.29, 0.717) is 0 Å². The molecule has 1 aliphatic heterocycles. The third-order valence-electron chi connectivity index (χ3n) is 2.82. The van der Waals surface area contributed by atoms with Gasteiger partial charge in [-0.1, -0.05) is 54.1 Å². The summed E-state index contributed by atoms with van der Waals surface area (Å²) in [5, 5.41) is 0.765. The van der Waals surface area contributed by atoms with Gasteiger partial charge in [0.15, 0.2) is 0 Å². The van der Waals surface area contributed by atoms with Gasteiger partial charge in [-0.05, 0) is 23.3 Å². The van der Waals surface area contributed by atoms with Gasteiger partial charge in [-0.25, -0.2) is 0 Å². The van der Waals surface area contributed by atoms with Crippen LogP contribution in [0.3, 0.4) is 0 Å². The number of rotatable bonds is 2. The Hall–Kier alpha value is -1.31. The molecule has 16 heavy (non-hydrogen) atoms. The summed E-state index contributed by atoms with van der Waals surface area (Å²) in [6, 6.07) is 18.1. The predicted octanol–water partition coefficient (Wildman–Crippen LogP) is 4.15. The van der Waals surface area contributed by atoms with E-state index >= 15 is 0 Å². The van der Waals surface area contributed by atoms with Crippen LogP contribution in [0.1, 0.15) is 23.3 Å². The summed E-state index contributed by atoms with van der Waals surface area (Å²) >= 11 is 5.85. The summed E-state index contributed by atoms with van der Waals surface area (Å²) < 4.78 is 5.69. The largest absolute Gasteiger partial charge is 0.359 e. The van der Waals surface area contributed by atoms with Gasteiger partial charge in [0.25, 0.3) is 0 Å². The molecule has 1 nitrogen and oxygen atoms in total. The van der Waals surface area contributed by atoms with E-state index in [-0.39, 0.29) is 12.2 Å². The molecule has 0 saturated carbocycles. The van der Waals surface area contributed by atoms with E-state index in [1.807, 2.05) is 42.5 Å². The maximum Gasteiger partial charge on any atom is 0.114 e. The van der Waals surface area contributed by atoms with Crippen LogP contribution in [0.5, 0.6) is 0 Å². The maximum atomic E-state index is 5.85. The zero-order valence-electron chi connectivity index (χ0n) is 8.64. The zero-order valence-corrected chi connectivity index (χ0v) is 9.39. The van der Waals surface area contributed by atoms with Gasteiger partial charge >= 0.3 is 0 Å². The minimum absolute atomic E-state index is 0.194. The topological polar surface area (TPSA) is 12.5 Å². The molecule has 1 aliphatic rings. The van der Waals surface area contributed by atoms with E-state index in [4.69, 9.17) is 16.3 Å². The molecular formula is C14H11ClO. The minimum atomic E-state index is 0.194. The molecule has 0 aliphatic carbocycles. The van der Waals surface area contributed by atoms with Crippen LogP contribution >= 0.6 is 11.6 Å². The molecule has 1 heterocycles. The Morgan fingerprint density at radius 1 is 0.750 bits per heavy atom. The molecule has 0 bridgehead atoms. The Morgan fingerprint density at radius 2 is 1.31 bits per heavy atom. The first-order valence-corrected chi connectivity index (χ1v) is 5.68. The molecule has 0 amide bonds. The van der Waals surface area contributed by atoms with Crippen molar-refractivity contribution in [2.24, 2.45) is 0 Å². The van der Waals surface area contributed by atoms with Crippen LogP contribution < -0.4 is 0 Å². The Balaban J connectivity index is 1.79. The molecule has 3 rings (SSSR count). The second-order valence-electron chi connectivity index (χ2n) is 3.94. The fraction of sp³-hybridized carbons (Fsp3) is 0.143. The van der Waals surface area contributed by atoms with Crippen LogP contribution in [0.4, 0.5) is 0 Å². The van der Waals surface area contributed by atoms with Crippen LogP contribution in [-0.4, -0.2) is 0 Å². The van der Waals surface area contributed by atoms with Gasteiger partial charge in [-0.3, -0.25) is 0 Å². The summed E-state index contributed by atoms with van der Waals surface area (Å²) in [7, 11) is 0. The average Bonchev–Trinajstić information content (AvgIpc) is 3.11. The Bertz CT molecular complexity index is 478. The minimum Gasteiger partial charge on any atom is -0.359 e. The summed E-state index contributed by atoms with van der Waals surface area (Å²) in [4.78, 5) is 0. The van der Waals surface area contributed by atoms with Crippen LogP contribution in [0.15, 0.2) is 54.6 Å². The van der Waals surface area contributed by atoms with Gasteiger partial charge in [0.2, 0.25) is 0 Å². The molecule has 2 heteroatoms. The Morgan fingerprint density at radius 3 is 1.94 bits per heavy atom. The molecule has 0 spiro atoms. The van der Waals surface area contributed by atoms with Crippen molar-refractivity contribution >= 4 is 11.6 Å². The molecule has 2 aromatic rings. The molecule has 0 aromatic heterocycles. The van der Waals surface area contributed by atoms with Crippen molar-refractivity contribution in [2.75, 3.05) is 0 Å². The van der Waals surface area contributed by atoms with Gasteiger partial charge in [-0.2, -0.15) is 0 Å². The van der Waals surface area contributed by atoms with E-state index in [1.54, 1.807) is 0 Å². The zero-order chi connectivity index (χ0) is 11.0.